The number of ketones is 1. The summed E-state index contributed by atoms with van der Waals surface area (Å²) in [4.78, 5) is 12.4. The minimum absolute atomic E-state index is 0.0622. The van der Waals surface area contributed by atoms with Gasteiger partial charge in [-0.15, -0.1) is 0 Å². The molecule has 0 radical (unpaired) electrons. The Hall–Kier alpha value is -4.43. The molecule has 0 amide bonds. The van der Waals surface area contributed by atoms with Crippen molar-refractivity contribution in [1.82, 2.24) is 0 Å². The predicted octanol–water partition coefficient (Wildman–Crippen LogP) is 7.57. The lowest BCUT2D eigenvalue weighted by atomic mass is 10.0. The lowest BCUT2D eigenvalue weighted by molar-refractivity contribution is -0.110. The topological polar surface area (TPSA) is 37.3 Å². The summed E-state index contributed by atoms with van der Waals surface area (Å²) < 4.78 is 0. The Morgan fingerprint density at radius 2 is 1.09 bits per heavy atom. The highest BCUT2D eigenvalue weighted by molar-refractivity contribution is 6.02. The van der Waals surface area contributed by atoms with Crippen LogP contribution in [0.3, 0.4) is 0 Å². The normalized spacial score (nSPS) is 13.7. The fraction of sp³-hybridized carbons (Fsp3) is 0.0606. The van der Waals surface area contributed by atoms with Crippen molar-refractivity contribution in [1.29, 1.82) is 0 Å². The van der Waals surface area contributed by atoms with Crippen LogP contribution in [0.5, 0.6) is 0 Å². The first-order chi connectivity index (χ1) is 17.1. The Morgan fingerprint density at radius 3 is 1.66 bits per heavy atom. The molecule has 0 fully saturated rings. The Bertz CT molecular complexity index is 1570. The van der Waals surface area contributed by atoms with Crippen molar-refractivity contribution in [2.75, 3.05) is 0 Å². The quantitative estimate of drug-likeness (QED) is 0.166. The molecule has 0 saturated carbocycles. The van der Waals surface area contributed by atoms with Crippen molar-refractivity contribution in [3.8, 4) is 22.3 Å². The summed E-state index contributed by atoms with van der Waals surface area (Å²) in [7, 11) is 0. The van der Waals surface area contributed by atoms with Crippen LogP contribution in [0.2, 0.25) is 0 Å². The van der Waals surface area contributed by atoms with Crippen LogP contribution >= 0.6 is 0 Å². The van der Waals surface area contributed by atoms with Crippen molar-refractivity contribution in [2.45, 2.75) is 12.8 Å². The number of aliphatic hydroxyl groups is 1. The molecule has 0 spiro atoms. The van der Waals surface area contributed by atoms with Gasteiger partial charge in [-0.2, -0.15) is 0 Å². The number of hydrogen-bond acceptors (Lipinski definition) is 2. The Balaban J connectivity index is 1.12. The average Bonchev–Trinajstić information content (AvgIpc) is 3.43. The molecular formula is C33H24O2. The van der Waals surface area contributed by atoms with E-state index in [1.54, 1.807) is 12.2 Å². The molecule has 6 rings (SSSR count). The summed E-state index contributed by atoms with van der Waals surface area (Å²) >= 11 is 0. The number of carbonyl (C=O) groups excluding carboxylic acids is 1. The molecule has 0 aromatic heterocycles. The molecule has 0 heterocycles. The molecule has 4 aromatic rings. The summed E-state index contributed by atoms with van der Waals surface area (Å²) in [6.45, 7) is 0. The van der Waals surface area contributed by atoms with Crippen molar-refractivity contribution in [2.24, 2.45) is 0 Å². The van der Waals surface area contributed by atoms with Crippen molar-refractivity contribution < 1.29 is 9.90 Å². The molecular weight excluding hydrogens is 428 g/mol. The zero-order chi connectivity index (χ0) is 23.8. The van der Waals surface area contributed by atoms with E-state index in [-0.39, 0.29) is 11.5 Å². The molecule has 168 valence electrons. The summed E-state index contributed by atoms with van der Waals surface area (Å²) in [6, 6.07) is 29.5. The Kier molecular flexibility index (Phi) is 5.27. The van der Waals surface area contributed by atoms with Gasteiger partial charge in [-0.05, 0) is 80.6 Å². The van der Waals surface area contributed by atoms with E-state index >= 15 is 0 Å². The zero-order valence-corrected chi connectivity index (χ0v) is 19.2. The maximum Gasteiger partial charge on any atom is 0.182 e. The highest BCUT2D eigenvalue weighted by Gasteiger charge is 2.18. The van der Waals surface area contributed by atoms with E-state index in [4.69, 9.17) is 0 Å². The zero-order valence-electron chi connectivity index (χ0n) is 19.2. The first kappa shape index (κ1) is 21.1. The van der Waals surface area contributed by atoms with Gasteiger partial charge in [0.1, 0.15) is 5.76 Å². The second-order valence-corrected chi connectivity index (χ2v) is 9.14. The third-order valence-electron chi connectivity index (χ3n) is 6.81. The third kappa shape index (κ3) is 4.15. The van der Waals surface area contributed by atoms with Crippen LogP contribution in [-0.2, 0) is 17.6 Å². The van der Waals surface area contributed by atoms with Gasteiger partial charge in [-0.3, -0.25) is 4.79 Å². The smallest absolute Gasteiger partial charge is 0.182 e. The van der Waals surface area contributed by atoms with Crippen LogP contribution < -0.4 is 0 Å². The molecule has 0 aliphatic heterocycles. The SMILES string of the molecule is O=C(/C=C(O)/C=C/c1ccc2c(c1)Cc1ccccc1-2)/C=C/c1ccc2c(c1)Cc1ccccc1-2. The summed E-state index contributed by atoms with van der Waals surface area (Å²) in [5.74, 6) is -0.312. The first-order valence-electron chi connectivity index (χ1n) is 11.9. The van der Waals surface area contributed by atoms with Crippen LogP contribution in [-0.4, -0.2) is 10.9 Å². The number of carbonyl (C=O) groups is 1. The van der Waals surface area contributed by atoms with Gasteiger partial charge in [0.25, 0.3) is 0 Å². The van der Waals surface area contributed by atoms with Crippen molar-refractivity contribution in [3.63, 3.8) is 0 Å². The summed E-state index contributed by atoms with van der Waals surface area (Å²) in [6.07, 6.45) is 9.80. The van der Waals surface area contributed by atoms with E-state index in [0.717, 1.165) is 24.0 Å². The number of hydrogen-bond donors (Lipinski definition) is 1. The van der Waals surface area contributed by atoms with Crippen molar-refractivity contribution >= 4 is 17.9 Å². The molecule has 0 unspecified atom stereocenters. The number of rotatable bonds is 5. The molecule has 4 aromatic carbocycles. The van der Waals surface area contributed by atoms with Crippen LogP contribution in [0.1, 0.15) is 33.4 Å². The largest absolute Gasteiger partial charge is 0.508 e. The van der Waals surface area contributed by atoms with Gasteiger partial charge < -0.3 is 5.11 Å². The van der Waals surface area contributed by atoms with Crippen molar-refractivity contribution in [3.05, 3.63) is 142 Å². The lowest BCUT2D eigenvalue weighted by Crippen LogP contribution is -1.89. The molecule has 0 bridgehead atoms. The highest BCUT2D eigenvalue weighted by Crippen LogP contribution is 2.38. The Labute approximate surface area is 205 Å². The number of allylic oxidation sites excluding steroid dienone is 3. The van der Waals surface area contributed by atoms with E-state index in [2.05, 4.69) is 72.8 Å². The van der Waals surface area contributed by atoms with E-state index in [1.165, 1.54) is 56.7 Å². The second-order valence-electron chi connectivity index (χ2n) is 9.14. The summed E-state index contributed by atoms with van der Waals surface area (Å²) in [5.41, 5.74) is 12.4. The molecule has 0 saturated heterocycles. The van der Waals surface area contributed by atoms with Crippen LogP contribution in [0.4, 0.5) is 0 Å². The molecule has 2 nitrogen and oxygen atoms in total. The number of benzene rings is 4. The molecule has 2 aliphatic rings. The van der Waals surface area contributed by atoms with Crippen LogP contribution in [0.15, 0.2) is 109 Å². The molecule has 0 atom stereocenters. The van der Waals surface area contributed by atoms with Gasteiger partial charge in [-0.1, -0.05) is 97.1 Å². The predicted molar refractivity (Wildman–Crippen MR) is 143 cm³/mol. The van der Waals surface area contributed by atoms with E-state index < -0.39 is 0 Å². The third-order valence-corrected chi connectivity index (χ3v) is 6.81. The van der Waals surface area contributed by atoms with Gasteiger partial charge in [0.15, 0.2) is 5.78 Å². The van der Waals surface area contributed by atoms with E-state index in [1.807, 2.05) is 18.2 Å². The second kappa shape index (κ2) is 8.73. The minimum Gasteiger partial charge on any atom is -0.508 e. The van der Waals surface area contributed by atoms with E-state index in [0.29, 0.717) is 0 Å². The van der Waals surface area contributed by atoms with Gasteiger partial charge in [0.2, 0.25) is 0 Å². The fourth-order valence-corrected chi connectivity index (χ4v) is 5.14. The summed E-state index contributed by atoms with van der Waals surface area (Å²) in [5, 5.41) is 10.3. The molecule has 1 N–H and O–H groups in total. The number of fused-ring (bicyclic) bond motifs is 6. The lowest BCUT2D eigenvalue weighted by Gasteiger charge is -2.02. The maximum absolute atomic E-state index is 12.4. The van der Waals surface area contributed by atoms with Gasteiger partial charge in [0.05, 0.1) is 0 Å². The van der Waals surface area contributed by atoms with Gasteiger partial charge >= 0.3 is 0 Å². The van der Waals surface area contributed by atoms with E-state index in [9.17, 15) is 9.90 Å². The standard InChI is InChI=1S/C33H24O2/c34-28(13-9-22-11-15-32-26(17-22)19-24-5-1-3-7-30(24)32)21-29(35)14-10-23-12-16-33-27(18-23)20-25-6-2-4-8-31(25)33/h1-18,21,34H,19-20H2/b13-9+,14-10+,28-21-. The molecule has 2 aliphatic carbocycles. The first-order valence-corrected chi connectivity index (χ1v) is 11.9. The fourth-order valence-electron chi connectivity index (χ4n) is 5.14. The van der Waals surface area contributed by atoms with Gasteiger partial charge in [0, 0.05) is 6.08 Å². The highest BCUT2D eigenvalue weighted by atomic mass is 16.3. The van der Waals surface area contributed by atoms with Crippen LogP contribution in [0, 0.1) is 0 Å². The van der Waals surface area contributed by atoms with Crippen LogP contribution in [0.25, 0.3) is 34.4 Å². The maximum atomic E-state index is 12.4. The average molecular weight is 453 g/mol. The minimum atomic E-state index is -0.250. The molecule has 2 heteroatoms. The Morgan fingerprint density at radius 1 is 0.600 bits per heavy atom. The van der Waals surface area contributed by atoms with Gasteiger partial charge in [-0.25, -0.2) is 0 Å². The monoisotopic (exact) mass is 452 g/mol. The molecule has 35 heavy (non-hydrogen) atoms. The number of aliphatic hydroxyl groups excluding tert-OH is 1.